The smallest absolute Gasteiger partial charge is 0.284 e. The normalized spacial score (nSPS) is 13.9. The largest absolute Gasteiger partial charge is 0.324 e. The molecule has 0 unspecified atom stereocenters. The molecule has 1 aromatic carbocycles. The third-order valence-electron chi connectivity index (χ3n) is 6.15. The standard InChI is InChI=1S/C24H22N6O2S2/c1-15-13-33-24-25-16(12-19(31)29(15)24)14-34-23-26-21-20(18-10-6-3-7-11-28(18)23)22(32)30(27-21)17-8-4-2-5-9-17/h2,4-5,8-9,12-13H,3,6-7,10-11,14H2,1H3. The van der Waals surface area contributed by atoms with Gasteiger partial charge in [-0.25, -0.2) is 9.97 Å². The summed E-state index contributed by atoms with van der Waals surface area (Å²) in [5.74, 6) is 0.992. The number of benzene rings is 1. The molecule has 3 aliphatic heterocycles. The van der Waals surface area contributed by atoms with Crippen molar-refractivity contribution in [2.24, 2.45) is 0 Å². The van der Waals surface area contributed by atoms with Crippen molar-refractivity contribution >= 4 is 28.1 Å². The third-order valence-corrected chi connectivity index (χ3v) is 8.10. The lowest BCUT2D eigenvalue weighted by Gasteiger charge is -2.17. The van der Waals surface area contributed by atoms with Crippen molar-refractivity contribution < 1.29 is 0 Å². The van der Waals surface area contributed by atoms with Gasteiger partial charge < -0.3 is 4.57 Å². The lowest BCUT2D eigenvalue weighted by atomic mass is 10.1. The number of aromatic nitrogens is 6. The fourth-order valence-corrected chi connectivity index (χ4v) is 6.35. The van der Waals surface area contributed by atoms with E-state index in [1.807, 2.05) is 42.6 Å². The molecule has 6 rings (SSSR count). The number of rotatable bonds is 4. The van der Waals surface area contributed by atoms with Gasteiger partial charge in [-0.3, -0.25) is 14.0 Å². The maximum absolute atomic E-state index is 13.4. The number of hydrogen-bond donors (Lipinski definition) is 0. The highest BCUT2D eigenvalue weighted by Gasteiger charge is 2.27. The van der Waals surface area contributed by atoms with Gasteiger partial charge in [0.2, 0.25) is 0 Å². The number of thioether (sulfide) groups is 1. The lowest BCUT2D eigenvalue weighted by Crippen LogP contribution is -2.19. The van der Waals surface area contributed by atoms with E-state index in [4.69, 9.17) is 4.98 Å². The molecule has 3 aromatic rings. The van der Waals surface area contributed by atoms with Crippen LogP contribution in [-0.4, -0.2) is 28.7 Å². The number of fused-ring (bicyclic) bond motifs is 4. The molecule has 0 N–H and O–H groups in total. The number of para-hydroxylation sites is 1. The van der Waals surface area contributed by atoms with E-state index in [9.17, 15) is 9.59 Å². The van der Waals surface area contributed by atoms with Crippen LogP contribution in [0.2, 0.25) is 0 Å². The van der Waals surface area contributed by atoms with E-state index < -0.39 is 0 Å². The van der Waals surface area contributed by atoms with Crippen molar-refractivity contribution in [3.63, 3.8) is 0 Å². The molecule has 8 nitrogen and oxygen atoms in total. The Bertz CT molecular complexity index is 1600. The van der Waals surface area contributed by atoms with Gasteiger partial charge in [-0.05, 0) is 38.3 Å². The molecule has 10 heteroatoms. The van der Waals surface area contributed by atoms with Gasteiger partial charge in [0.15, 0.2) is 15.9 Å². The van der Waals surface area contributed by atoms with Gasteiger partial charge >= 0.3 is 0 Å². The van der Waals surface area contributed by atoms with E-state index in [0.29, 0.717) is 22.1 Å². The summed E-state index contributed by atoms with van der Waals surface area (Å²) in [6, 6.07) is 11.1. The van der Waals surface area contributed by atoms with Crippen molar-refractivity contribution in [1.82, 2.24) is 28.7 Å². The van der Waals surface area contributed by atoms with Crippen LogP contribution in [0.4, 0.5) is 0 Å². The van der Waals surface area contributed by atoms with E-state index in [2.05, 4.69) is 14.6 Å². The summed E-state index contributed by atoms with van der Waals surface area (Å²) >= 11 is 3.01. The van der Waals surface area contributed by atoms with Crippen LogP contribution in [0.5, 0.6) is 0 Å². The molecule has 0 bridgehead atoms. The summed E-state index contributed by atoms with van der Waals surface area (Å²) in [4.78, 5) is 36.1. The van der Waals surface area contributed by atoms with Crippen LogP contribution in [0.25, 0.3) is 22.0 Å². The molecule has 0 radical (unpaired) electrons. The topological polar surface area (TPSA) is 87.1 Å². The first-order valence-corrected chi connectivity index (χ1v) is 13.1. The predicted molar refractivity (Wildman–Crippen MR) is 133 cm³/mol. The second-order valence-corrected chi connectivity index (χ2v) is 10.2. The van der Waals surface area contributed by atoms with Gasteiger partial charge in [0.05, 0.1) is 11.4 Å². The molecule has 0 fully saturated rings. The minimum atomic E-state index is -0.121. The summed E-state index contributed by atoms with van der Waals surface area (Å²) in [6.45, 7) is 2.72. The molecule has 0 amide bonds. The average molecular weight is 491 g/mol. The number of nitrogens with zero attached hydrogens (tertiary/aromatic N) is 6. The molecule has 34 heavy (non-hydrogen) atoms. The first-order chi connectivity index (χ1) is 16.6. The number of aryl methyl sites for hydroxylation is 1. The molecule has 172 valence electrons. The molecular formula is C24H22N6O2S2. The van der Waals surface area contributed by atoms with Crippen LogP contribution in [0.3, 0.4) is 0 Å². The first-order valence-electron chi connectivity index (χ1n) is 11.3. The maximum atomic E-state index is 13.4. The quantitative estimate of drug-likeness (QED) is 0.280. The molecule has 0 spiro atoms. The second kappa shape index (κ2) is 8.52. The Labute approximate surface area is 203 Å². The van der Waals surface area contributed by atoms with Crippen LogP contribution >= 0.6 is 23.1 Å². The highest BCUT2D eigenvalue weighted by molar-refractivity contribution is 7.98. The molecule has 0 atom stereocenters. The van der Waals surface area contributed by atoms with Gasteiger partial charge in [-0.1, -0.05) is 36.4 Å². The summed E-state index contributed by atoms with van der Waals surface area (Å²) in [5, 5.41) is 7.35. The van der Waals surface area contributed by atoms with E-state index in [-0.39, 0.29) is 11.1 Å². The summed E-state index contributed by atoms with van der Waals surface area (Å²) in [6.07, 6.45) is 4.01. The Balaban J connectivity index is 1.43. The molecule has 3 aliphatic rings. The van der Waals surface area contributed by atoms with Crippen molar-refractivity contribution in [3.8, 4) is 17.1 Å². The minimum absolute atomic E-state index is 0.0631. The summed E-state index contributed by atoms with van der Waals surface area (Å²) in [7, 11) is 0. The van der Waals surface area contributed by atoms with E-state index in [1.54, 1.807) is 22.2 Å². The Hall–Kier alpha value is -3.24. The van der Waals surface area contributed by atoms with Crippen molar-refractivity contribution in [3.05, 3.63) is 79.6 Å². The Morgan fingerprint density at radius 2 is 1.94 bits per heavy atom. The molecule has 2 aromatic heterocycles. The molecule has 0 saturated heterocycles. The first kappa shape index (κ1) is 21.3. The minimum Gasteiger partial charge on any atom is -0.324 e. The third kappa shape index (κ3) is 3.57. The van der Waals surface area contributed by atoms with Gasteiger partial charge in [0.25, 0.3) is 11.1 Å². The molecular weight excluding hydrogens is 468 g/mol. The monoisotopic (exact) mass is 490 g/mol. The zero-order valence-corrected chi connectivity index (χ0v) is 20.2. The zero-order valence-electron chi connectivity index (χ0n) is 18.6. The van der Waals surface area contributed by atoms with E-state index in [1.165, 1.54) is 16.0 Å². The van der Waals surface area contributed by atoms with Gasteiger partial charge in [-0.2, -0.15) is 4.68 Å². The fourth-order valence-electron chi connectivity index (χ4n) is 4.52. The highest BCUT2D eigenvalue weighted by Crippen LogP contribution is 2.31. The molecule has 0 aliphatic carbocycles. The van der Waals surface area contributed by atoms with Crippen LogP contribution in [0.15, 0.2) is 56.5 Å². The molecule has 5 heterocycles. The van der Waals surface area contributed by atoms with Crippen LogP contribution < -0.4 is 11.1 Å². The van der Waals surface area contributed by atoms with E-state index >= 15 is 0 Å². The predicted octanol–water partition coefficient (Wildman–Crippen LogP) is 3.93. The fraction of sp³-hybridized carbons (Fsp3) is 0.292. The Morgan fingerprint density at radius 1 is 1.09 bits per heavy atom. The van der Waals surface area contributed by atoms with Crippen molar-refractivity contribution in [2.75, 3.05) is 0 Å². The number of hydrogen-bond acceptors (Lipinski definition) is 7. The SMILES string of the molecule is Cc1csc2nc(CSc3nc4nn(-c5ccccc5)c(=O)c-4c4n3CCCCC4)cc(=O)n12. The average Bonchev–Trinajstić information content (AvgIpc) is 3.27. The van der Waals surface area contributed by atoms with Crippen LogP contribution in [0.1, 0.15) is 36.3 Å². The lowest BCUT2D eigenvalue weighted by molar-refractivity contribution is 0.571. The van der Waals surface area contributed by atoms with Crippen molar-refractivity contribution in [1.29, 1.82) is 0 Å². The molecule has 0 saturated carbocycles. The van der Waals surface area contributed by atoms with Gasteiger partial charge in [0, 0.05) is 35.1 Å². The maximum Gasteiger partial charge on any atom is 0.284 e. The summed E-state index contributed by atoms with van der Waals surface area (Å²) < 4.78 is 5.27. The Morgan fingerprint density at radius 3 is 2.79 bits per heavy atom. The number of thiazole rings is 1. The van der Waals surface area contributed by atoms with Crippen LogP contribution in [0, 0.1) is 6.92 Å². The van der Waals surface area contributed by atoms with E-state index in [0.717, 1.165) is 60.2 Å². The summed E-state index contributed by atoms with van der Waals surface area (Å²) in [5.41, 5.74) is 3.79. The van der Waals surface area contributed by atoms with Crippen molar-refractivity contribution in [2.45, 2.75) is 50.1 Å². The Kier molecular flexibility index (Phi) is 5.34. The van der Waals surface area contributed by atoms with Gasteiger partial charge in [-0.15, -0.1) is 16.4 Å². The second-order valence-electron chi connectivity index (χ2n) is 8.42. The zero-order chi connectivity index (χ0) is 23.2. The van der Waals surface area contributed by atoms with Gasteiger partial charge in [0.1, 0.15) is 5.56 Å². The van der Waals surface area contributed by atoms with Crippen LogP contribution in [-0.2, 0) is 18.7 Å². The highest BCUT2D eigenvalue weighted by atomic mass is 32.2.